The first-order chi connectivity index (χ1) is 47.7. The van der Waals surface area contributed by atoms with Crippen LogP contribution < -0.4 is 0 Å². The Morgan fingerprint density at radius 2 is 0.582 bits per heavy atom. The van der Waals surface area contributed by atoms with Gasteiger partial charge in [0.25, 0.3) is 0 Å². The molecule has 0 aliphatic heterocycles. The second-order valence-electron chi connectivity index (χ2n) is 23.1. The monoisotopic (exact) mass is 1410 g/mol. The summed E-state index contributed by atoms with van der Waals surface area (Å²) in [5, 5.41) is 10.6. The molecule has 0 aliphatic carbocycles. The summed E-state index contributed by atoms with van der Waals surface area (Å²) < 4.78 is 68.0. The minimum Gasteiger partial charge on any atom is -0.462 e. The van der Waals surface area contributed by atoms with E-state index in [0.29, 0.717) is 32.1 Å². The van der Waals surface area contributed by atoms with Gasteiger partial charge in [0.15, 0.2) is 12.2 Å². The summed E-state index contributed by atoms with van der Waals surface area (Å²) in [6.07, 6.45) is 82.6. The van der Waals surface area contributed by atoms with E-state index in [1.165, 1.54) is 38.5 Å². The summed E-state index contributed by atoms with van der Waals surface area (Å²) in [4.78, 5) is 72.5. The van der Waals surface area contributed by atoms with Gasteiger partial charge in [-0.2, -0.15) is 0 Å². The first kappa shape index (κ1) is 92.2. The van der Waals surface area contributed by atoms with Crippen LogP contribution in [0.4, 0.5) is 0 Å². The van der Waals surface area contributed by atoms with Crippen molar-refractivity contribution in [2.24, 2.45) is 0 Å². The fraction of sp³-hybridized carbons (Fsp3) is 0.570. The van der Waals surface area contributed by atoms with Crippen LogP contribution in [0, 0.1) is 0 Å². The molecular weight excluding hydrogens is 1280 g/mol. The Bertz CT molecular complexity index is 2580. The van der Waals surface area contributed by atoms with Crippen molar-refractivity contribution in [1.29, 1.82) is 0 Å². The van der Waals surface area contributed by atoms with Crippen molar-refractivity contribution in [2.45, 2.75) is 251 Å². The van der Waals surface area contributed by atoms with Gasteiger partial charge < -0.3 is 33.8 Å². The number of unbranched alkanes of at least 4 members (excludes halogenated alkanes) is 11. The molecule has 0 heterocycles. The number of phosphoric ester groups is 2. The maximum absolute atomic E-state index is 13.0. The van der Waals surface area contributed by atoms with Crippen molar-refractivity contribution in [3.05, 3.63) is 182 Å². The van der Waals surface area contributed by atoms with E-state index in [-0.39, 0.29) is 25.7 Å². The Hall–Kier alpha value is -5.84. The molecule has 0 amide bonds. The molecule has 0 saturated carbocycles. The van der Waals surface area contributed by atoms with Crippen LogP contribution in [0.5, 0.6) is 0 Å². The zero-order valence-corrected chi connectivity index (χ0v) is 61.7. The van der Waals surface area contributed by atoms with Crippen molar-refractivity contribution in [3.63, 3.8) is 0 Å². The highest BCUT2D eigenvalue weighted by Gasteiger charge is 2.30. The average Bonchev–Trinajstić information content (AvgIpc) is 0.986. The molecule has 3 N–H and O–H groups in total. The van der Waals surface area contributed by atoms with Gasteiger partial charge in [-0.1, -0.05) is 274 Å². The first-order valence-corrected chi connectivity index (χ1v) is 39.0. The molecule has 0 saturated heterocycles. The van der Waals surface area contributed by atoms with E-state index < -0.39 is 97.5 Å². The summed E-state index contributed by atoms with van der Waals surface area (Å²) in [6.45, 7) is 4.17. The van der Waals surface area contributed by atoms with Crippen LogP contribution in [-0.2, 0) is 65.4 Å². The zero-order valence-electron chi connectivity index (χ0n) is 59.9. The quantitative estimate of drug-likeness (QED) is 0.0169. The summed E-state index contributed by atoms with van der Waals surface area (Å²) in [6, 6.07) is 0. The summed E-state index contributed by atoms with van der Waals surface area (Å²) in [5.41, 5.74) is 0. The Morgan fingerprint density at radius 1 is 0.306 bits per heavy atom. The van der Waals surface area contributed by atoms with E-state index in [4.69, 9.17) is 37.0 Å². The van der Waals surface area contributed by atoms with Gasteiger partial charge in [-0.15, -0.1) is 0 Å². The van der Waals surface area contributed by atoms with Crippen LogP contribution in [-0.4, -0.2) is 96.7 Å². The van der Waals surface area contributed by atoms with Crippen molar-refractivity contribution in [3.8, 4) is 0 Å². The number of carbonyl (C=O) groups excluding carboxylic acids is 4. The van der Waals surface area contributed by atoms with Gasteiger partial charge in [-0.05, 0) is 116 Å². The molecule has 98 heavy (non-hydrogen) atoms. The largest absolute Gasteiger partial charge is 0.472 e. The Kier molecular flexibility index (Phi) is 65.5. The molecule has 5 unspecified atom stereocenters. The predicted octanol–water partition coefficient (Wildman–Crippen LogP) is 20.4. The number of ether oxygens (including phenoxy) is 4. The van der Waals surface area contributed by atoms with E-state index in [0.717, 1.165) is 109 Å². The molecular formula is C79H124O17P2. The molecule has 19 heteroatoms. The van der Waals surface area contributed by atoms with Crippen LogP contribution >= 0.6 is 15.6 Å². The van der Waals surface area contributed by atoms with Gasteiger partial charge in [0.2, 0.25) is 0 Å². The molecule has 17 nitrogen and oxygen atoms in total. The number of esters is 4. The molecule has 552 valence electrons. The van der Waals surface area contributed by atoms with Gasteiger partial charge in [0.1, 0.15) is 19.3 Å². The predicted molar refractivity (Wildman–Crippen MR) is 399 cm³/mol. The number of phosphoric acid groups is 2. The SMILES string of the molecule is CC/C=C\C/C=C\C/C=C\C/C=C\C/C=C\CCCC(=O)OCC(COP(=O)(O)OCC(O)COP(=O)(O)OCC(COC(=O)C/C=C\C/C=C\C/C=C\C/C=C\C/C=C\CC)OC(=O)CCCCCCCCCCCCC)OC(=O)C/C=C\C/C=C\C/C=C\C/C=C\C/C=C\CC. The van der Waals surface area contributed by atoms with Crippen molar-refractivity contribution in [1.82, 2.24) is 0 Å². The van der Waals surface area contributed by atoms with Crippen LogP contribution in [0.1, 0.15) is 233 Å². The lowest BCUT2D eigenvalue weighted by Gasteiger charge is -2.21. The van der Waals surface area contributed by atoms with Gasteiger partial charge in [-0.25, -0.2) is 9.13 Å². The standard InChI is InChI=1S/C79H124O17P2/c1-5-9-13-17-21-25-29-32-35-36-39-41-45-48-52-56-60-64-77(82)90-70-75(96-79(84)66-62-58-54-50-46-42-38-34-31-27-23-19-15-11-7-3)72-94-98(87,88)92-68-73(80)67-91-97(85,86)93-71-74(95-78(83)65-61-57-53-49-43-28-24-20-16-12-8-4)69-89-76(81)63-59-55-51-47-44-40-37-33-30-26-22-18-14-10-6-2/h9-11,13-15,21-23,25-27,32-35,37-39,41,44,46-48,50,52,55,58-59,62,73-75,80H,5-8,12,16-20,24,28-31,36,40,42-43,45,49,51,53-54,56-57,60-61,63-72H2,1-4H3,(H,85,86)(H,87,88)/b13-9-,14-10-,15-11-,25-21-,26-22-,27-23-,35-32-,37-33-,38-34-,41-39-,47-44-,50-46-,52-48-,59-55-,62-58-. The lowest BCUT2D eigenvalue weighted by molar-refractivity contribution is -0.160. The lowest BCUT2D eigenvalue weighted by Crippen LogP contribution is -2.30. The minimum atomic E-state index is -5.02. The second-order valence-corrected chi connectivity index (χ2v) is 26.0. The fourth-order valence-electron chi connectivity index (χ4n) is 8.58. The molecule has 0 spiro atoms. The molecule has 0 fully saturated rings. The van der Waals surface area contributed by atoms with E-state index in [9.17, 15) is 43.2 Å². The van der Waals surface area contributed by atoms with Crippen LogP contribution in [0.3, 0.4) is 0 Å². The van der Waals surface area contributed by atoms with Crippen molar-refractivity contribution in [2.75, 3.05) is 39.6 Å². The maximum atomic E-state index is 13.0. The molecule has 0 rings (SSSR count). The lowest BCUT2D eigenvalue weighted by atomic mass is 10.1. The number of hydrogen-bond donors (Lipinski definition) is 3. The van der Waals surface area contributed by atoms with Crippen molar-refractivity contribution >= 4 is 39.5 Å². The van der Waals surface area contributed by atoms with E-state index in [1.54, 1.807) is 18.2 Å². The van der Waals surface area contributed by atoms with Crippen LogP contribution in [0.2, 0.25) is 0 Å². The highest BCUT2D eigenvalue weighted by molar-refractivity contribution is 7.47. The molecule has 0 aromatic rings. The second kappa shape index (κ2) is 69.6. The minimum absolute atomic E-state index is 0.0548. The molecule has 0 radical (unpaired) electrons. The molecule has 0 aromatic carbocycles. The highest BCUT2D eigenvalue weighted by atomic mass is 31.2. The third-order valence-electron chi connectivity index (χ3n) is 13.9. The van der Waals surface area contributed by atoms with Gasteiger partial charge in [-0.3, -0.25) is 37.3 Å². The number of rotatable bonds is 65. The van der Waals surface area contributed by atoms with Crippen molar-refractivity contribution < 1.29 is 80.2 Å². The van der Waals surface area contributed by atoms with E-state index in [1.807, 2.05) is 42.5 Å². The molecule has 0 aromatic heterocycles. The third-order valence-corrected chi connectivity index (χ3v) is 15.8. The molecule has 0 aliphatic rings. The maximum Gasteiger partial charge on any atom is 0.472 e. The summed E-state index contributed by atoms with van der Waals surface area (Å²) >= 11 is 0. The normalized spacial score (nSPS) is 15.1. The summed E-state index contributed by atoms with van der Waals surface area (Å²) in [7, 11) is -10.0. The topological polar surface area (TPSA) is 237 Å². The Balaban J connectivity index is 5.54. The fourth-order valence-corrected chi connectivity index (χ4v) is 10.2. The Labute approximate surface area is 590 Å². The Morgan fingerprint density at radius 3 is 0.939 bits per heavy atom. The van der Waals surface area contributed by atoms with E-state index >= 15 is 0 Å². The number of allylic oxidation sites excluding steroid dienone is 28. The average molecular weight is 1410 g/mol. The van der Waals surface area contributed by atoms with Gasteiger partial charge in [0, 0.05) is 12.8 Å². The number of carbonyl (C=O) groups is 4. The highest BCUT2D eigenvalue weighted by Crippen LogP contribution is 2.45. The van der Waals surface area contributed by atoms with Crippen LogP contribution in [0.25, 0.3) is 0 Å². The first-order valence-electron chi connectivity index (χ1n) is 36.0. The summed E-state index contributed by atoms with van der Waals surface area (Å²) in [5.74, 6) is -2.56. The van der Waals surface area contributed by atoms with E-state index in [2.05, 4.69) is 149 Å². The van der Waals surface area contributed by atoms with Crippen LogP contribution in [0.15, 0.2) is 182 Å². The molecule has 5 atom stereocenters. The molecule has 0 bridgehead atoms. The number of aliphatic hydroxyl groups excluding tert-OH is 1. The smallest absolute Gasteiger partial charge is 0.462 e. The van der Waals surface area contributed by atoms with Gasteiger partial charge in [0.05, 0.1) is 39.3 Å². The third kappa shape index (κ3) is 68.7. The number of hydrogen-bond acceptors (Lipinski definition) is 15. The number of aliphatic hydroxyl groups is 1. The van der Waals surface area contributed by atoms with Gasteiger partial charge >= 0.3 is 39.5 Å². The zero-order chi connectivity index (χ0) is 71.8.